The fourth-order valence-corrected chi connectivity index (χ4v) is 3.68. The van der Waals surface area contributed by atoms with Gasteiger partial charge in [-0.25, -0.2) is 0 Å². The number of nitrogens with zero attached hydrogens (tertiary/aromatic N) is 3. The third-order valence-corrected chi connectivity index (χ3v) is 4.73. The lowest BCUT2D eigenvalue weighted by Gasteiger charge is -2.30. The Labute approximate surface area is 132 Å². The summed E-state index contributed by atoms with van der Waals surface area (Å²) in [7, 11) is 0. The van der Waals surface area contributed by atoms with Crippen LogP contribution >= 0.6 is 11.6 Å². The van der Waals surface area contributed by atoms with Gasteiger partial charge in [0.25, 0.3) is 0 Å². The van der Waals surface area contributed by atoms with Crippen molar-refractivity contribution < 1.29 is 0 Å². The summed E-state index contributed by atoms with van der Waals surface area (Å²) < 4.78 is 0. The summed E-state index contributed by atoms with van der Waals surface area (Å²) in [6.45, 7) is 0. The van der Waals surface area contributed by atoms with Gasteiger partial charge in [-0.2, -0.15) is 0 Å². The third-order valence-electron chi connectivity index (χ3n) is 4.26. The first kappa shape index (κ1) is 13.2. The van der Waals surface area contributed by atoms with Gasteiger partial charge in [0.2, 0.25) is 0 Å². The maximum atomic E-state index is 8.92. The molecule has 0 fully saturated rings. The predicted octanol–water partition coefficient (Wildman–Crippen LogP) is 6.15. The lowest BCUT2D eigenvalue weighted by molar-refractivity contribution is 0.684. The van der Waals surface area contributed by atoms with Crippen molar-refractivity contribution in [1.29, 1.82) is 0 Å². The van der Waals surface area contributed by atoms with Gasteiger partial charge in [0.05, 0.1) is 11.4 Å². The van der Waals surface area contributed by atoms with E-state index in [9.17, 15) is 0 Å². The minimum Gasteiger partial charge on any atom is -0.117 e. The summed E-state index contributed by atoms with van der Waals surface area (Å²) in [5.41, 5.74) is 13.2. The Hall–Kier alpha value is -2.48. The third kappa shape index (κ3) is 1.80. The van der Waals surface area contributed by atoms with Gasteiger partial charge in [-0.3, -0.25) is 0 Å². The minimum absolute atomic E-state index is 0.347. The largest absolute Gasteiger partial charge is 0.117 e. The second-order valence-corrected chi connectivity index (χ2v) is 5.86. The van der Waals surface area contributed by atoms with Gasteiger partial charge < -0.3 is 0 Å². The standard InChI is InChI=1S/C18H12ClN3/c19-17-14-8-4-3-7-13(14)16-12-6-2-1-5-11(12)9-10-15(16)18(17)21-22-20/h1-10,17-18H/t17-,18-/m1/s1. The zero-order valence-corrected chi connectivity index (χ0v) is 12.4. The number of hydrogen-bond acceptors (Lipinski definition) is 1. The Morgan fingerprint density at radius 3 is 2.55 bits per heavy atom. The number of halogens is 1. The zero-order valence-electron chi connectivity index (χ0n) is 11.6. The van der Waals surface area contributed by atoms with E-state index in [0.29, 0.717) is 0 Å². The lowest BCUT2D eigenvalue weighted by atomic mass is 9.80. The van der Waals surface area contributed by atoms with Crippen LogP contribution in [0.4, 0.5) is 0 Å². The monoisotopic (exact) mass is 305 g/mol. The Morgan fingerprint density at radius 1 is 0.909 bits per heavy atom. The van der Waals surface area contributed by atoms with Crippen LogP contribution < -0.4 is 0 Å². The Balaban J connectivity index is 2.15. The van der Waals surface area contributed by atoms with Crippen LogP contribution in [-0.2, 0) is 0 Å². The summed E-state index contributed by atoms with van der Waals surface area (Å²) in [5.74, 6) is 0. The molecule has 1 aliphatic rings. The van der Waals surface area contributed by atoms with Gasteiger partial charge in [0.1, 0.15) is 0 Å². The van der Waals surface area contributed by atoms with Crippen molar-refractivity contribution in [3.05, 3.63) is 82.2 Å². The van der Waals surface area contributed by atoms with Crippen molar-refractivity contribution in [2.75, 3.05) is 0 Å². The molecule has 0 unspecified atom stereocenters. The molecule has 3 aromatic carbocycles. The second kappa shape index (κ2) is 5.06. The normalized spacial score (nSPS) is 19.1. The first-order chi connectivity index (χ1) is 10.8. The van der Waals surface area contributed by atoms with E-state index in [0.717, 1.165) is 27.6 Å². The van der Waals surface area contributed by atoms with Crippen molar-refractivity contribution in [3.63, 3.8) is 0 Å². The summed E-state index contributed by atoms with van der Waals surface area (Å²) >= 11 is 6.61. The molecule has 0 aliphatic heterocycles. The summed E-state index contributed by atoms with van der Waals surface area (Å²) in [6.07, 6.45) is 0. The predicted molar refractivity (Wildman–Crippen MR) is 89.9 cm³/mol. The molecule has 0 heterocycles. The zero-order chi connectivity index (χ0) is 15.1. The van der Waals surface area contributed by atoms with Crippen LogP contribution in [0.5, 0.6) is 0 Å². The van der Waals surface area contributed by atoms with Crippen LogP contribution in [0, 0.1) is 0 Å². The topological polar surface area (TPSA) is 48.8 Å². The van der Waals surface area contributed by atoms with Crippen LogP contribution in [0.1, 0.15) is 22.5 Å². The van der Waals surface area contributed by atoms with Crippen LogP contribution in [-0.4, -0.2) is 0 Å². The number of fused-ring (bicyclic) bond motifs is 5. The summed E-state index contributed by atoms with van der Waals surface area (Å²) in [6, 6.07) is 20.0. The summed E-state index contributed by atoms with van der Waals surface area (Å²) in [4.78, 5) is 3.00. The molecule has 0 bridgehead atoms. The fraction of sp³-hybridized carbons (Fsp3) is 0.111. The van der Waals surface area contributed by atoms with Crippen molar-refractivity contribution in [2.45, 2.75) is 11.4 Å². The van der Waals surface area contributed by atoms with Crippen molar-refractivity contribution in [2.24, 2.45) is 5.11 Å². The molecule has 4 rings (SSSR count). The molecule has 4 heteroatoms. The highest BCUT2D eigenvalue weighted by molar-refractivity contribution is 6.22. The Kier molecular flexibility index (Phi) is 3.04. The van der Waals surface area contributed by atoms with Gasteiger partial charge in [-0.1, -0.05) is 65.8 Å². The molecule has 0 aromatic heterocycles. The molecule has 0 amide bonds. The van der Waals surface area contributed by atoms with E-state index in [1.807, 2.05) is 36.4 Å². The van der Waals surface area contributed by atoms with E-state index in [1.54, 1.807) is 0 Å². The molecule has 0 saturated carbocycles. The molecular formula is C18H12ClN3. The lowest BCUT2D eigenvalue weighted by Crippen LogP contribution is -2.12. The van der Waals surface area contributed by atoms with Gasteiger partial charge in [0.15, 0.2) is 0 Å². The molecular weight excluding hydrogens is 294 g/mol. The molecule has 22 heavy (non-hydrogen) atoms. The highest BCUT2D eigenvalue weighted by atomic mass is 35.5. The molecule has 0 N–H and O–H groups in total. The smallest absolute Gasteiger partial charge is 0.0836 e. The van der Waals surface area contributed by atoms with Crippen LogP contribution in [0.2, 0.25) is 0 Å². The van der Waals surface area contributed by atoms with Crippen LogP contribution in [0.3, 0.4) is 0 Å². The number of alkyl halides is 1. The van der Waals surface area contributed by atoms with Crippen molar-refractivity contribution >= 4 is 22.4 Å². The molecule has 0 saturated heterocycles. The number of rotatable bonds is 1. The second-order valence-electron chi connectivity index (χ2n) is 5.39. The first-order valence-electron chi connectivity index (χ1n) is 7.10. The van der Waals surface area contributed by atoms with Gasteiger partial charge in [0, 0.05) is 4.91 Å². The Bertz CT molecular complexity index is 929. The molecule has 3 aromatic rings. The number of benzene rings is 3. The van der Waals surface area contributed by atoms with Crippen molar-refractivity contribution in [1.82, 2.24) is 0 Å². The SMILES string of the molecule is [N-]=[N+]=N[C@@H]1c2ccc3ccccc3c2-c2ccccc2[C@H]1Cl. The highest BCUT2D eigenvalue weighted by Gasteiger charge is 2.32. The van der Waals surface area contributed by atoms with E-state index in [-0.39, 0.29) is 11.4 Å². The molecule has 1 aliphatic carbocycles. The van der Waals surface area contributed by atoms with Gasteiger partial charge in [-0.15, -0.1) is 11.6 Å². The first-order valence-corrected chi connectivity index (χ1v) is 7.54. The average Bonchev–Trinajstić information content (AvgIpc) is 2.58. The average molecular weight is 306 g/mol. The minimum atomic E-state index is -0.388. The van der Waals surface area contributed by atoms with Crippen LogP contribution in [0.25, 0.3) is 32.3 Å². The van der Waals surface area contributed by atoms with Gasteiger partial charge >= 0.3 is 0 Å². The highest BCUT2D eigenvalue weighted by Crippen LogP contribution is 2.51. The van der Waals surface area contributed by atoms with E-state index in [1.165, 1.54) is 5.39 Å². The fourth-order valence-electron chi connectivity index (χ4n) is 3.30. The number of azide groups is 1. The van der Waals surface area contributed by atoms with E-state index in [4.69, 9.17) is 17.1 Å². The van der Waals surface area contributed by atoms with E-state index in [2.05, 4.69) is 34.3 Å². The molecule has 2 atom stereocenters. The van der Waals surface area contributed by atoms with E-state index >= 15 is 0 Å². The maximum Gasteiger partial charge on any atom is 0.0836 e. The maximum absolute atomic E-state index is 8.92. The van der Waals surface area contributed by atoms with Crippen LogP contribution in [0.15, 0.2) is 65.8 Å². The quantitative estimate of drug-likeness (QED) is 0.224. The Morgan fingerprint density at radius 2 is 1.68 bits per heavy atom. The number of hydrogen-bond donors (Lipinski definition) is 0. The molecule has 0 radical (unpaired) electrons. The van der Waals surface area contributed by atoms with Gasteiger partial charge in [-0.05, 0) is 38.6 Å². The molecule has 106 valence electrons. The van der Waals surface area contributed by atoms with Crippen molar-refractivity contribution in [3.8, 4) is 11.1 Å². The molecule has 0 spiro atoms. The van der Waals surface area contributed by atoms with E-state index < -0.39 is 0 Å². The summed E-state index contributed by atoms with van der Waals surface area (Å²) in [5, 5.41) is 5.95. The molecule has 3 nitrogen and oxygen atoms in total.